The smallest absolute Gasteiger partial charge is 0.272 e. The summed E-state index contributed by atoms with van der Waals surface area (Å²) in [5.41, 5.74) is 6.25. The van der Waals surface area contributed by atoms with Crippen LogP contribution in [-0.2, 0) is 0 Å². The molecule has 1 heterocycles. The van der Waals surface area contributed by atoms with Crippen LogP contribution < -0.4 is 10.5 Å². The Morgan fingerprint density at radius 2 is 2.05 bits per heavy atom. The Kier molecular flexibility index (Phi) is 3.84. The molecule has 0 aliphatic rings. The average Bonchev–Trinajstić information content (AvgIpc) is 2.42. The summed E-state index contributed by atoms with van der Waals surface area (Å²) in [4.78, 5) is 17.2. The fraction of sp³-hybridized carbons (Fsp3) is 0.143. The first-order valence-electron chi connectivity index (χ1n) is 5.88. The van der Waals surface area contributed by atoms with Crippen molar-refractivity contribution in [3.8, 4) is 11.5 Å². The topological polar surface area (TPSA) is 68.5 Å². The van der Waals surface area contributed by atoms with Crippen molar-refractivity contribution in [2.24, 2.45) is 0 Å². The van der Waals surface area contributed by atoms with Crippen LogP contribution in [0.2, 0.25) is 0 Å². The third kappa shape index (κ3) is 3.03. The van der Waals surface area contributed by atoms with Crippen LogP contribution in [0.25, 0.3) is 0 Å². The summed E-state index contributed by atoms with van der Waals surface area (Å²) >= 11 is 0. The number of nitrogens with zero attached hydrogens (tertiary/aromatic N) is 2. The van der Waals surface area contributed by atoms with Gasteiger partial charge in [0.25, 0.3) is 5.91 Å². The van der Waals surface area contributed by atoms with E-state index in [1.807, 2.05) is 0 Å². The molecule has 20 heavy (non-hydrogen) atoms. The van der Waals surface area contributed by atoms with E-state index in [-0.39, 0.29) is 17.4 Å². The summed E-state index contributed by atoms with van der Waals surface area (Å²) in [5, 5.41) is 0. The van der Waals surface area contributed by atoms with Gasteiger partial charge in [-0.2, -0.15) is 0 Å². The minimum absolute atomic E-state index is 0.194. The maximum absolute atomic E-state index is 13.2. The molecular formula is C14H14FN3O2. The summed E-state index contributed by atoms with van der Waals surface area (Å²) in [6.45, 7) is 0. The molecule has 6 heteroatoms. The van der Waals surface area contributed by atoms with Crippen LogP contribution in [-0.4, -0.2) is 29.9 Å². The Morgan fingerprint density at radius 3 is 2.75 bits per heavy atom. The highest BCUT2D eigenvalue weighted by Crippen LogP contribution is 2.28. The van der Waals surface area contributed by atoms with Crippen LogP contribution in [0.1, 0.15) is 10.5 Å². The zero-order valence-corrected chi connectivity index (χ0v) is 11.1. The molecule has 0 unspecified atom stereocenters. The largest absolute Gasteiger partial charge is 0.455 e. The molecule has 0 bridgehead atoms. The third-order valence-corrected chi connectivity index (χ3v) is 2.56. The molecule has 1 aromatic carbocycles. The summed E-state index contributed by atoms with van der Waals surface area (Å²) in [6, 6.07) is 6.89. The fourth-order valence-electron chi connectivity index (χ4n) is 1.54. The first-order valence-corrected chi connectivity index (χ1v) is 5.88. The number of carbonyl (C=O) groups is 1. The van der Waals surface area contributed by atoms with Crippen LogP contribution in [0.15, 0.2) is 36.5 Å². The lowest BCUT2D eigenvalue weighted by molar-refractivity contribution is 0.0821. The van der Waals surface area contributed by atoms with E-state index in [9.17, 15) is 9.18 Å². The van der Waals surface area contributed by atoms with Crippen LogP contribution >= 0.6 is 0 Å². The van der Waals surface area contributed by atoms with E-state index in [0.29, 0.717) is 11.4 Å². The lowest BCUT2D eigenvalue weighted by Gasteiger charge is -2.11. The quantitative estimate of drug-likeness (QED) is 0.873. The fourth-order valence-corrected chi connectivity index (χ4v) is 1.54. The van der Waals surface area contributed by atoms with Gasteiger partial charge in [0.05, 0.1) is 5.69 Å². The van der Waals surface area contributed by atoms with Gasteiger partial charge >= 0.3 is 0 Å². The van der Waals surface area contributed by atoms with Gasteiger partial charge in [0.15, 0.2) is 5.75 Å². The Labute approximate surface area is 115 Å². The number of nitrogen functional groups attached to an aromatic ring is 1. The van der Waals surface area contributed by atoms with Crippen molar-refractivity contribution < 1.29 is 13.9 Å². The number of amides is 1. The molecule has 0 spiro atoms. The molecule has 5 nitrogen and oxygen atoms in total. The molecule has 0 saturated heterocycles. The maximum Gasteiger partial charge on any atom is 0.272 e. The van der Waals surface area contributed by atoms with E-state index in [2.05, 4.69) is 4.98 Å². The molecular weight excluding hydrogens is 261 g/mol. The van der Waals surface area contributed by atoms with Gasteiger partial charge in [-0.1, -0.05) is 0 Å². The molecule has 2 N–H and O–H groups in total. The normalized spacial score (nSPS) is 10.2. The highest BCUT2D eigenvalue weighted by Gasteiger charge is 2.11. The second-order valence-electron chi connectivity index (χ2n) is 4.36. The number of rotatable bonds is 3. The van der Waals surface area contributed by atoms with Crippen LogP contribution in [0.4, 0.5) is 10.1 Å². The van der Waals surface area contributed by atoms with Gasteiger partial charge in [0, 0.05) is 32.4 Å². The van der Waals surface area contributed by atoms with Gasteiger partial charge in [-0.25, -0.2) is 4.39 Å². The number of carbonyl (C=O) groups excluding carboxylic acids is 1. The van der Waals surface area contributed by atoms with Crippen molar-refractivity contribution >= 4 is 11.6 Å². The van der Waals surface area contributed by atoms with Gasteiger partial charge in [-0.3, -0.25) is 9.78 Å². The van der Waals surface area contributed by atoms with Crippen LogP contribution in [0.5, 0.6) is 11.5 Å². The Balaban J connectivity index is 2.28. The zero-order valence-electron chi connectivity index (χ0n) is 11.1. The highest BCUT2D eigenvalue weighted by atomic mass is 19.1. The summed E-state index contributed by atoms with van der Waals surface area (Å²) < 4.78 is 18.6. The van der Waals surface area contributed by atoms with Crippen LogP contribution in [0.3, 0.4) is 0 Å². The highest BCUT2D eigenvalue weighted by molar-refractivity contribution is 5.92. The molecule has 0 saturated carbocycles. The number of halogens is 1. The molecule has 1 amide bonds. The Bertz CT molecular complexity index is 644. The number of hydrogen-bond acceptors (Lipinski definition) is 4. The first-order chi connectivity index (χ1) is 9.47. The summed E-state index contributed by atoms with van der Waals surface area (Å²) in [7, 11) is 3.25. The van der Waals surface area contributed by atoms with E-state index in [1.54, 1.807) is 20.2 Å². The number of nitrogens with two attached hydrogens (primary N) is 1. The van der Waals surface area contributed by atoms with Gasteiger partial charge in [-0.15, -0.1) is 0 Å². The zero-order chi connectivity index (χ0) is 14.7. The molecule has 0 fully saturated rings. The third-order valence-electron chi connectivity index (χ3n) is 2.56. The maximum atomic E-state index is 13.2. The molecule has 0 atom stereocenters. The monoisotopic (exact) mass is 275 g/mol. The SMILES string of the molecule is CN(C)C(=O)c1cc(Oc2cc(F)ccc2N)ccn1. The number of pyridine rings is 1. The Morgan fingerprint density at radius 1 is 1.30 bits per heavy atom. The molecule has 2 rings (SSSR count). The van der Waals surface area contributed by atoms with Crippen molar-refractivity contribution in [3.05, 3.63) is 48.0 Å². The molecule has 104 valence electrons. The van der Waals surface area contributed by atoms with Gasteiger partial charge in [0.2, 0.25) is 0 Å². The van der Waals surface area contributed by atoms with Gasteiger partial charge in [-0.05, 0) is 18.2 Å². The van der Waals surface area contributed by atoms with Crippen LogP contribution in [0, 0.1) is 5.82 Å². The Hall–Kier alpha value is -2.63. The van der Waals surface area contributed by atoms with E-state index in [1.165, 1.54) is 35.4 Å². The lowest BCUT2D eigenvalue weighted by atomic mass is 10.3. The second-order valence-corrected chi connectivity index (χ2v) is 4.36. The summed E-state index contributed by atoms with van der Waals surface area (Å²) in [6.07, 6.45) is 1.45. The van der Waals surface area contributed by atoms with Crippen molar-refractivity contribution in [2.75, 3.05) is 19.8 Å². The van der Waals surface area contributed by atoms with E-state index < -0.39 is 5.82 Å². The first kappa shape index (κ1) is 13.8. The average molecular weight is 275 g/mol. The van der Waals surface area contributed by atoms with E-state index in [4.69, 9.17) is 10.5 Å². The minimum Gasteiger partial charge on any atom is -0.455 e. The van der Waals surface area contributed by atoms with Gasteiger partial charge < -0.3 is 15.4 Å². The number of aromatic nitrogens is 1. The molecule has 2 aromatic rings. The van der Waals surface area contributed by atoms with Crippen molar-refractivity contribution in [1.82, 2.24) is 9.88 Å². The number of hydrogen-bond donors (Lipinski definition) is 1. The number of anilines is 1. The second kappa shape index (κ2) is 5.56. The summed E-state index contributed by atoms with van der Waals surface area (Å²) in [5.74, 6) is -0.141. The van der Waals surface area contributed by atoms with Crippen molar-refractivity contribution in [2.45, 2.75) is 0 Å². The predicted octanol–water partition coefficient (Wildman–Crippen LogP) is 2.30. The predicted molar refractivity (Wildman–Crippen MR) is 73.1 cm³/mol. The number of ether oxygens (including phenoxy) is 1. The van der Waals surface area contributed by atoms with E-state index in [0.717, 1.165) is 0 Å². The van der Waals surface area contributed by atoms with Crippen molar-refractivity contribution in [1.29, 1.82) is 0 Å². The number of benzene rings is 1. The molecule has 0 radical (unpaired) electrons. The molecule has 0 aliphatic carbocycles. The standard InChI is InChI=1S/C14H14FN3O2/c1-18(2)14(19)12-8-10(5-6-17-12)20-13-7-9(15)3-4-11(13)16/h3-8H,16H2,1-2H3. The minimum atomic E-state index is -0.451. The van der Waals surface area contributed by atoms with E-state index >= 15 is 0 Å². The molecule has 1 aromatic heterocycles. The lowest BCUT2D eigenvalue weighted by Crippen LogP contribution is -2.22. The van der Waals surface area contributed by atoms with Gasteiger partial charge in [0.1, 0.15) is 17.3 Å². The molecule has 0 aliphatic heterocycles. The van der Waals surface area contributed by atoms with Crippen molar-refractivity contribution in [3.63, 3.8) is 0 Å².